The Bertz CT molecular complexity index is 1130. The van der Waals surface area contributed by atoms with Gasteiger partial charge in [-0.3, -0.25) is 4.79 Å². The standard InChI is InChI=1S/C18H18N2O4S3/c1-3-24-17(21)12-20-15-10-9-13(25-2)11-16(15)26-18(20)19-27(22,23)14-7-5-4-6-8-14/h4-11H,3,12H2,1-2H3. The summed E-state index contributed by atoms with van der Waals surface area (Å²) in [7, 11) is -3.89. The number of ether oxygens (including phenoxy) is 1. The molecule has 0 N–H and O–H groups in total. The van der Waals surface area contributed by atoms with Crippen molar-refractivity contribution in [3.05, 3.63) is 53.3 Å². The molecule has 142 valence electrons. The number of hydrogen-bond donors (Lipinski definition) is 0. The lowest BCUT2D eigenvalue weighted by atomic mass is 10.3. The van der Waals surface area contributed by atoms with Crippen LogP contribution in [-0.2, 0) is 26.1 Å². The molecule has 0 aliphatic rings. The van der Waals surface area contributed by atoms with Crippen LogP contribution in [0.15, 0.2) is 62.7 Å². The molecule has 0 saturated heterocycles. The maximum absolute atomic E-state index is 12.7. The predicted octanol–water partition coefficient (Wildman–Crippen LogP) is 3.28. The van der Waals surface area contributed by atoms with E-state index in [0.29, 0.717) is 0 Å². The van der Waals surface area contributed by atoms with Gasteiger partial charge in [0.15, 0.2) is 0 Å². The normalized spacial score (nSPS) is 12.4. The van der Waals surface area contributed by atoms with E-state index in [-0.39, 0.29) is 22.8 Å². The average Bonchev–Trinajstić information content (AvgIpc) is 2.98. The SMILES string of the molecule is CCOC(=O)Cn1c(=NS(=O)(=O)c2ccccc2)sc2cc(SC)ccc21. The first-order valence-electron chi connectivity index (χ1n) is 8.13. The maximum atomic E-state index is 12.7. The lowest BCUT2D eigenvalue weighted by Gasteiger charge is -2.05. The Morgan fingerprint density at radius 2 is 1.96 bits per heavy atom. The molecule has 3 rings (SSSR count). The number of thioether (sulfide) groups is 1. The Kier molecular flexibility index (Phi) is 6.03. The van der Waals surface area contributed by atoms with Gasteiger partial charge in [-0.1, -0.05) is 29.5 Å². The number of carbonyl (C=O) groups is 1. The summed E-state index contributed by atoms with van der Waals surface area (Å²) in [4.78, 5) is 13.4. The Hall–Kier alpha value is -2.10. The van der Waals surface area contributed by atoms with Gasteiger partial charge in [0.1, 0.15) is 6.54 Å². The minimum absolute atomic E-state index is 0.102. The largest absolute Gasteiger partial charge is 0.465 e. The number of aromatic nitrogens is 1. The third-order valence-corrected chi connectivity index (χ3v) is 6.89. The highest BCUT2D eigenvalue weighted by Gasteiger charge is 2.16. The number of rotatable bonds is 6. The Balaban J connectivity index is 2.19. The van der Waals surface area contributed by atoms with Gasteiger partial charge in [0.2, 0.25) is 4.80 Å². The molecule has 0 aliphatic carbocycles. The molecule has 9 heteroatoms. The highest BCUT2D eigenvalue weighted by Crippen LogP contribution is 2.24. The number of benzene rings is 2. The van der Waals surface area contributed by atoms with Crippen LogP contribution in [0.3, 0.4) is 0 Å². The molecule has 0 aliphatic heterocycles. The zero-order valence-electron chi connectivity index (χ0n) is 14.8. The van der Waals surface area contributed by atoms with Crippen molar-refractivity contribution in [1.29, 1.82) is 0 Å². The van der Waals surface area contributed by atoms with Gasteiger partial charge in [0, 0.05) is 4.90 Å². The van der Waals surface area contributed by atoms with Crippen molar-refractivity contribution in [3.63, 3.8) is 0 Å². The van der Waals surface area contributed by atoms with Gasteiger partial charge in [0.25, 0.3) is 10.0 Å². The van der Waals surface area contributed by atoms with Gasteiger partial charge in [0.05, 0.1) is 21.7 Å². The smallest absolute Gasteiger partial charge is 0.326 e. The second-order valence-corrected chi connectivity index (χ2v) is 8.98. The van der Waals surface area contributed by atoms with Crippen LogP contribution in [-0.4, -0.2) is 31.8 Å². The quantitative estimate of drug-likeness (QED) is 0.450. The van der Waals surface area contributed by atoms with Crippen molar-refractivity contribution >= 4 is 49.3 Å². The molecule has 0 radical (unpaired) electrons. The number of sulfonamides is 1. The van der Waals surface area contributed by atoms with Gasteiger partial charge in [-0.2, -0.15) is 8.42 Å². The summed E-state index contributed by atoms with van der Waals surface area (Å²) in [5.74, 6) is -0.440. The van der Waals surface area contributed by atoms with Crippen molar-refractivity contribution < 1.29 is 17.9 Å². The van der Waals surface area contributed by atoms with Crippen molar-refractivity contribution in [2.75, 3.05) is 12.9 Å². The molecule has 0 unspecified atom stereocenters. The van der Waals surface area contributed by atoms with Crippen LogP contribution in [0, 0.1) is 0 Å². The van der Waals surface area contributed by atoms with Crippen LogP contribution in [0.25, 0.3) is 10.2 Å². The van der Waals surface area contributed by atoms with Crippen LogP contribution >= 0.6 is 23.1 Å². The number of thiazole rings is 1. The van der Waals surface area contributed by atoms with Gasteiger partial charge in [-0.15, -0.1) is 16.2 Å². The molecule has 0 fully saturated rings. The molecule has 0 bridgehead atoms. The topological polar surface area (TPSA) is 77.7 Å². The predicted molar refractivity (Wildman–Crippen MR) is 107 cm³/mol. The van der Waals surface area contributed by atoms with E-state index in [2.05, 4.69) is 4.40 Å². The summed E-state index contributed by atoms with van der Waals surface area (Å²) in [6.07, 6.45) is 1.96. The van der Waals surface area contributed by atoms with Crippen LogP contribution in [0.1, 0.15) is 6.92 Å². The van der Waals surface area contributed by atoms with Crippen LogP contribution < -0.4 is 4.80 Å². The monoisotopic (exact) mass is 422 g/mol. The molecule has 3 aromatic rings. The number of fused-ring (bicyclic) bond motifs is 1. The third-order valence-electron chi connectivity index (χ3n) is 3.72. The molecule has 0 atom stereocenters. The van der Waals surface area contributed by atoms with E-state index in [1.54, 1.807) is 41.5 Å². The van der Waals surface area contributed by atoms with Gasteiger partial charge >= 0.3 is 5.97 Å². The maximum Gasteiger partial charge on any atom is 0.326 e. The van der Waals surface area contributed by atoms with Crippen molar-refractivity contribution in [3.8, 4) is 0 Å². The first-order valence-corrected chi connectivity index (χ1v) is 11.6. The number of hydrogen-bond acceptors (Lipinski definition) is 6. The molecule has 2 aromatic carbocycles. The minimum Gasteiger partial charge on any atom is -0.465 e. The molecular formula is C18H18N2O4S3. The summed E-state index contributed by atoms with van der Waals surface area (Å²) in [5.41, 5.74) is 0.743. The Morgan fingerprint density at radius 3 is 2.63 bits per heavy atom. The first kappa shape index (κ1) is 19.7. The highest BCUT2D eigenvalue weighted by atomic mass is 32.2. The molecular weight excluding hydrogens is 404 g/mol. The van der Waals surface area contributed by atoms with E-state index in [4.69, 9.17) is 4.74 Å². The molecule has 0 amide bonds. The first-order chi connectivity index (χ1) is 12.9. The highest BCUT2D eigenvalue weighted by molar-refractivity contribution is 7.98. The molecule has 6 nitrogen and oxygen atoms in total. The second-order valence-electron chi connectivity index (χ2n) is 5.49. The van der Waals surface area contributed by atoms with E-state index < -0.39 is 16.0 Å². The van der Waals surface area contributed by atoms with E-state index >= 15 is 0 Å². The number of carbonyl (C=O) groups excluding carboxylic acids is 1. The lowest BCUT2D eigenvalue weighted by molar-refractivity contribution is -0.143. The fourth-order valence-electron chi connectivity index (χ4n) is 2.49. The van der Waals surface area contributed by atoms with E-state index in [9.17, 15) is 13.2 Å². The molecule has 1 aromatic heterocycles. The molecule has 0 spiro atoms. The number of esters is 1. The summed E-state index contributed by atoms with van der Waals surface area (Å²) in [6.45, 7) is 1.88. The Morgan fingerprint density at radius 1 is 1.22 bits per heavy atom. The van der Waals surface area contributed by atoms with E-state index in [1.165, 1.54) is 23.5 Å². The van der Waals surface area contributed by atoms with Crippen molar-refractivity contribution in [1.82, 2.24) is 4.57 Å². The lowest BCUT2D eigenvalue weighted by Crippen LogP contribution is -2.23. The number of nitrogens with zero attached hydrogens (tertiary/aromatic N) is 2. The zero-order valence-corrected chi connectivity index (χ0v) is 17.2. The van der Waals surface area contributed by atoms with Gasteiger partial charge in [-0.25, -0.2) is 0 Å². The van der Waals surface area contributed by atoms with Crippen LogP contribution in [0.2, 0.25) is 0 Å². The van der Waals surface area contributed by atoms with E-state index in [1.807, 2.05) is 24.5 Å². The van der Waals surface area contributed by atoms with Crippen molar-refractivity contribution in [2.24, 2.45) is 4.40 Å². The van der Waals surface area contributed by atoms with E-state index in [0.717, 1.165) is 15.1 Å². The minimum atomic E-state index is -3.89. The Labute approximate surface area is 165 Å². The van der Waals surface area contributed by atoms with Crippen LogP contribution in [0.4, 0.5) is 0 Å². The summed E-state index contributed by atoms with van der Waals surface area (Å²) in [6, 6.07) is 13.8. The van der Waals surface area contributed by atoms with Crippen LogP contribution in [0.5, 0.6) is 0 Å². The zero-order chi connectivity index (χ0) is 19.4. The fourth-order valence-corrected chi connectivity index (χ4v) is 5.29. The molecule has 0 saturated carbocycles. The van der Waals surface area contributed by atoms with Gasteiger partial charge in [-0.05, 0) is 43.5 Å². The summed E-state index contributed by atoms with van der Waals surface area (Å²) in [5, 5.41) is 0. The fraction of sp³-hybridized carbons (Fsp3) is 0.222. The average molecular weight is 423 g/mol. The van der Waals surface area contributed by atoms with Gasteiger partial charge < -0.3 is 9.30 Å². The summed E-state index contributed by atoms with van der Waals surface area (Å²) >= 11 is 2.82. The second kappa shape index (κ2) is 8.28. The third kappa shape index (κ3) is 4.42. The summed E-state index contributed by atoms with van der Waals surface area (Å²) < 4.78 is 36.8. The molecule has 27 heavy (non-hydrogen) atoms. The van der Waals surface area contributed by atoms with Crippen molar-refractivity contribution in [2.45, 2.75) is 23.3 Å². The molecule has 1 heterocycles.